The van der Waals surface area contributed by atoms with Gasteiger partial charge in [-0.25, -0.2) is 0 Å². The van der Waals surface area contributed by atoms with Crippen molar-refractivity contribution in [1.29, 1.82) is 0 Å². The van der Waals surface area contributed by atoms with E-state index >= 15 is 0 Å². The highest BCUT2D eigenvalue weighted by Crippen LogP contribution is 2.18. The molecule has 0 saturated carbocycles. The van der Waals surface area contributed by atoms with Crippen LogP contribution in [0.5, 0.6) is 0 Å². The minimum Gasteiger partial charge on any atom is -0.361 e. The first-order valence-electron chi connectivity index (χ1n) is 10.9. The average molecular weight is 449 g/mol. The van der Waals surface area contributed by atoms with Crippen LogP contribution in [0.3, 0.4) is 0 Å². The number of likely N-dealkylation sites (N-methyl/N-ethyl adjacent to an activating group) is 1. The van der Waals surface area contributed by atoms with Crippen LogP contribution in [0.1, 0.15) is 44.9 Å². The van der Waals surface area contributed by atoms with Crippen LogP contribution < -0.4 is 5.32 Å². The fraction of sp³-hybridized carbons (Fsp3) is 0.296. The van der Waals surface area contributed by atoms with Crippen LogP contribution in [0.15, 0.2) is 78.1 Å². The first kappa shape index (κ1) is 27.4. The predicted octanol–water partition coefficient (Wildman–Crippen LogP) is 5.08. The zero-order valence-electron chi connectivity index (χ0n) is 20.2. The van der Waals surface area contributed by atoms with Gasteiger partial charge in [-0.15, -0.1) is 0 Å². The number of aromatic nitrogens is 1. The summed E-state index contributed by atoms with van der Waals surface area (Å²) in [5, 5.41) is 2.83. The van der Waals surface area contributed by atoms with Gasteiger partial charge in [0.05, 0.1) is 0 Å². The molecule has 1 atom stereocenters. The van der Waals surface area contributed by atoms with Crippen molar-refractivity contribution in [3.63, 3.8) is 0 Å². The number of nitrogens with zero attached hydrogens (tertiary/aromatic N) is 2. The molecule has 0 fully saturated rings. The van der Waals surface area contributed by atoms with Crippen molar-refractivity contribution in [3.05, 3.63) is 84.4 Å². The molecule has 1 aromatic heterocycles. The van der Waals surface area contributed by atoms with E-state index < -0.39 is 0 Å². The van der Waals surface area contributed by atoms with Crippen LogP contribution >= 0.6 is 0 Å². The van der Waals surface area contributed by atoms with Gasteiger partial charge < -0.3 is 15.2 Å². The summed E-state index contributed by atoms with van der Waals surface area (Å²) in [7, 11) is 1.79. The summed E-state index contributed by atoms with van der Waals surface area (Å²) >= 11 is 0. The molecule has 0 radical (unpaired) electrons. The maximum absolute atomic E-state index is 13.2. The fourth-order valence-corrected chi connectivity index (χ4v) is 3.23. The molecule has 0 aliphatic carbocycles. The number of aromatic amines is 1. The van der Waals surface area contributed by atoms with Crippen LogP contribution in [-0.4, -0.2) is 47.5 Å². The number of hydrogen-bond acceptors (Lipinski definition) is 3. The zero-order chi connectivity index (χ0) is 24.8. The van der Waals surface area contributed by atoms with Crippen molar-refractivity contribution in [2.24, 2.45) is 4.99 Å². The number of H-pyrrole nitrogens is 1. The van der Waals surface area contributed by atoms with E-state index in [2.05, 4.69) is 35.0 Å². The second-order valence-electron chi connectivity index (χ2n) is 7.70. The van der Waals surface area contributed by atoms with Crippen LogP contribution in [0.2, 0.25) is 0 Å². The number of carbonyl (C=O) groups excluding carboxylic acids is 2. The summed E-state index contributed by atoms with van der Waals surface area (Å²) in [6.07, 6.45) is 15.4. The minimum atomic E-state index is -0.332. The lowest BCUT2D eigenvalue weighted by Gasteiger charge is -2.29. The second kappa shape index (κ2) is 14.4. The monoisotopic (exact) mass is 448 g/mol. The van der Waals surface area contributed by atoms with Gasteiger partial charge in [0.1, 0.15) is 5.70 Å². The van der Waals surface area contributed by atoms with E-state index in [0.29, 0.717) is 25.0 Å². The Bertz CT molecular complexity index is 976. The molecule has 1 unspecified atom stereocenters. The molecule has 1 heterocycles. The Hall–Kier alpha value is -3.67. The molecule has 6 heteroatoms. The van der Waals surface area contributed by atoms with Gasteiger partial charge in [0.25, 0.3) is 5.91 Å². The Morgan fingerprint density at radius 1 is 1.30 bits per heavy atom. The predicted molar refractivity (Wildman–Crippen MR) is 140 cm³/mol. The highest BCUT2D eigenvalue weighted by atomic mass is 16.2. The van der Waals surface area contributed by atoms with E-state index in [1.54, 1.807) is 37.1 Å². The topological polar surface area (TPSA) is 77.6 Å². The van der Waals surface area contributed by atoms with Crippen LogP contribution in [0.4, 0.5) is 0 Å². The van der Waals surface area contributed by atoms with E-state index in [4.69, 9.17) is 0 Å². The van der Waals surface area contributed by atoms with E-state index in [0.717, 1.165) is 16.8 Å². The molecular formula is C27H36N4O2. The Kier molecular flexibility index (Phi) is 11.9. The Labute approximate surface area is 197 Å². The van der Waals surface area contributed by atoms with Crippen molar-refractivity contribution >= 4 is 30.2 Å². The molecule has 1 rings (SSSR count). The number of nitrogens with one attached hydrogen (secondary N) is 2. The van der Waals surface area contributed by atoms with Gasteiger partial charge in [0.2, 0.25) is 5.91 Å². The average Bonchev–Trinajstić information content (AvgIpc) is 3.24. The number of aliphatic imine (C=N–C) groups is 1. The summed E-state index contributed by atoms with van der Waals surface area (Å²) in [4.78, 5) is 34.2. The highest BCUT2D eigenvalue weighted by molar-refractivity contribution is 5.97. The maximum atomic E-state index is 13.2. The van der Waals surface area contributed by atoms with Gasteiger partial charge in [0, 0.05) is 43.3 Å². The zero-order valence-corrected chi connectivity index (χ0v) is 20.2. The summed E-state index contributed by atoms with van der Waals surface area (Å²) in [6.45, 7) is 17.3. The van der Waals surface area contributed by atoms with Crippen LogP contribution in [0, 0.1) is 0 Å². The number of hydrogen-bond donors (Lipinski definition) is 2. The summed E-state index contributed by atoms with van der Waals surface area (Å²) in [5.41, 5.74) is 3.62. The van der Waals surface area contributed by atoms with E-state index in [1.165, 1.54) is 6.21 Å². The molecule has 33 heavy (non-hydrogen) atoms. The van der Waals surface area contributed by atoms with E-state index in [9.17, 15) is 9.59 Å². The third kappa shape index (κ3) is 9.15. The quantitative estimate of drug-likeness (QED) is 0.251. The lowest BCUT2D eigenvalue weighted by molar-refractivity contribution is -0.127. The highest BCUT2D eigenvalue weighted by Gasteiger charge is 2.22. The minimum absolute atomic E-state index is 0.0808. The SMILES string of the molecule is C=CC=C(C)CC(CCNC(=O)C(=C)N=C/C=C\C)N(C)C(=O)C(C)=Cc1[nH]ccc1C=C. The van der Waals surface area contributed by atoms with E-state index in [-0.39, 0.29) is 23.6 Å². The van der Waals surface area contributed by atoms with Crippen molar-refractivity contribution in [3.8, 4) is 0 Å². The van der Waals surface area contributed by atoms with Gasteiger partial charge in [-0.05, 0) is 57.4 Å². The number of rotatable bonds is 13. The fourth-order valence-electron chi connectivity index (χ4n) is 3.23. The van der Waals surface area contributed by atoms with Crippen LogP contribution in [-0.2, 0) is 9.59 Å². The Balaban J connectivity index is 2.91. The van der Waals surface area contributed by atoms with Gasteiger partial charge in [-0.3, -0.25) is 14.6 Å². The van der Waals surface area contributed by atoms with Gasteiger partial charge in [-0.2, -0.15) is 0 Å². The van der Waals surface area contributed by atoms with Gasteiger partial charge >= 0.3 is 0 Å². The van der Waals surface area contributed by atoms with E-state index in [1.807, 2.05) is 44.3 Å². The van der Waals surface area contributed by atoms with Crippen LogP contribution in [0.25, 0.3) is 12.2 Å². The molecule has 0 spiro atoms. The largest absolute Gasteiger partial charge is 0.361 e. The lowest BCUT2D eigenvalue weighted by Crippen LogP contribution is -2.40. The number of allylic oxidation sites excluding steroid dienone is 4. The molecule has 1 aromatic rings. The smallest absolute Gasteiger partial charge is 0.269 e. The van der Waals surface area contributed by atoms with Crippen molar-refractivity contribution in [1.82, 2.24) is 15.2 Å². The first-order chi connectivity index (χ1) is 15.7. The molecule has 0 aliphatic rings. The second-order valence-corrected chi connectivity index (χ2v) is 7.70. The maximum Gasteiger partial charge on any atom is 0.269 e. The molecule has 2 amide bonds. The molecule has 0 aromatic carbocycles. The molecule has 0 bridgehead atoms. The normalized spacial score (nSPS) is 13.2. The summed E-state index contributed by atoms with van der Waals surface area (Å²) < 4.78 is 0. The van der Waals surface area contributed by atoms with Crippen molar-refractivity contribution in [2.45, 2.75) is 39.7 Å². The third-order valence-electron chi connectivity index (χ3n) is 5.09. The lowest BCUT2D eigenvalue weighted by atomic mass is 10.0. The number of amides is 2. The van der Waals surface area contributed by atoms with Crippen molar-refractivity contribution < 1.29 is 9.59 Å². The molecule has 0 aliphatic heterocycles. The first-order valence-corrected chi connectivity index (χ1v) is 10.9. The Morgan fingerprint density at radius 2 is 2.03 bits per heavy atom. The third-order valence-corrected chi connectivity index (χ3v) is 5.09. The summed E-state index contributed by atoms with van der Waals surface area (Å²) in [6, 6.07) is 1.80. The Morgan fingerprint density at radius 3 is 2.67 bits per heavy atom. The molecule has 176 valence electrons. The van der Waals surface area contributed by atoms with Gasteiger partial charge in [-0.1, -0.05) is 49.6 Å². The van der Waals surface area contributed by atoms with Gasteiger partial charge in [0.15, 0.2) is 0 Å². The molecule has 6 nitrogen and oxygen atoms in total. The van der Waals surface area contributed by atoms with Crippen molar-refractivity contribution in [2.75, 3.05) is 13.6 Å². The molecular weight excluding hydrogens is 412 g/mol. The molecule has 0 saturated heterocycles. The molecule has 2 N–H and O–H groups in total. The standard InChI is InChI=1S/C27H36N4O2/c1-8-11-15-28-22(6)26(32)30-17-14-24(18-20(4)12-9-2)31(7)27(33)21(5)19-25-23(10-3)13-16-29-25/h8-13,15-16,19,24,29H,2-3,6,14,17-18H2,1,4-5,7H3,(H,30,32)/b11-8-,20-12?,21-19?,28-15?. The number of carbonyl (C=O) groups is 2. The summed E-state index contributed by atoms with van der Waals surface area (Å²) in [5.74, 6) is -0.413.